The van der Waals surface area contributed by atoms with Gasteiger partial charge < -0.3 is 58.9 Å². The molecule has 44 heavy (non-hydrogen) atoms. The molecule has 2 unspecified atom stereocenters. The van der Waals surface area contributed by atoms with Crippen molar-refractivity contribution in [1.29, 1.82) is 0 Å². The zero-order valence-corrected chi connectivity index (χ0v) is 24.2. The Balaban J connectivity index is 2.02. The molecule has 1 heterocycles. The predicted molar refractivity (Wildman–Crippen MR) is 160 cm³/mol. The number of amides is 4. The summed E-state index contributed by atoms with van der Waals surface area (Å²) >= 11 is 0. The third kappa shape index (κ3) is 9.11. The molecule has 4 amide bonds. The number of carbonyl (C=O) groups is 4. The molecule has 2 aromatic carbocycles. The molecule has 5 atom stereocenters. The average molecular weight is 616 g/mol. The highest BCUT2D eigenvalue weighted by Gasteiger charge is 2.31. The Labute approximate surface area is 254 Å². The zero-order valence-electron chi connectivity index (χ0n) is 24.2. The van der Waals surface area contributed by atoms with Crippen molar-refractivity contribution in [1.82, 2.24) is 21.3 Å². The van der Waals surface area contributed by atoms with Crippen LogP contribution in [0, 0.1) is 0 Å². The van der Waals surface area contributed by atoms with E-state index in [4.69, 9.17) is 17.2 Å². The van der Waals surface area contributed by atoms with Gasteiger partial charge in [-0.25, -0.2) is 0 Å². The van der Waals surface area contributed by atoms with Crippen LogP contribution in [0.15, 0.2) is 36.4 Å². The van der Waals surface area contributed by atoms with Crippen LogP contribution in [0.3, 0.4) is 0 Å². The maximum Gasteiger partial charge on any atom is 0.245 e. The molecule has 4 bridgehead atoms. The van der Waals surface area contributed by atoms with E-state index in [1.165, 1.54) is 12.1 Å². The number of fused-ring (bicyclic) bond motifs is 5. The number of nitrogens with two attached hydrogens (primary N) is 3. The van der Waals surface area contributed by atoms with E-state index in [1.54, 1.807) is 24.3 Å². The van der Waals surface area contributed by atoms with Crippen molar-refractivity contribution in [2.24, 2.45) is 17.2 Å². The van der Waals surface area contributed by atoms with Crippen molar-refractivity contribution in [2.75, 3.05) is 26.2 Å². The summed E-state index contributed by atoms with van der Waals surface area (Å²) in [5.41, 5.74) is 19.0. The number of aromatic hydroxyl groups is 2. The maximum atomic E-state index is 13.5. The monoisotopic (exact) mass is 615 g/mol. The number of aliphatic hydroxyl groups excluding tert-OH is 2. The van der Waals surface area contributed by atoms with Crippen LogP contribution in [0.2, 0.25) is 0 Å². The second kappa shape index (κ2) is 16.0. The average Bonchev–Trinajstić information content (AvgIpc) is 3.01. The lowest BCUT2D eigenvalue weighted by Gasteiger charge is -2.26. The minimum atomic E-state index is -1.44. The molecule has 15 nitrogen and oxygen atoms in total. The summed E-state index contributed by atoms with van der Waals surface area (Å²) in [4.78, 5) is 52.6. The van der Waals surface area contributed by atoms with Gasteiger partial charge in [0.2, 0.25) is 23.6 Å². The number of hydrogen-bond acceptors (Lipinski definition) is 11. The number of aliphatic hydroxyl groups is 2. The van der Waals surface area contributed by atoms with E-state index < -0.39 is 60.5 Å². The van der Waals surface area contributed by atoms with Gasteiger partial charge in [-0.05, 0) is 65.9 Å². The summed E-state index contributed by atoms with van der Waals surface area (Å²) in [5.74, 6) is -3.33. The molecule has 3 rings (SSSR count). The first-order valence-corrected chi connectivity index (χ1v) is 14.2. The lowest BCUT2D eigenvalue weighted by molar-refractivity contribution is -0.134. The van der Waals surface area contributed by atoms with Crippen LogP contribution in [0.1, 0.15) is 24.0 Å². The van der Waals surface area contributed by atoms with Crippen LogP contribution >= 0.6 is 0 Å². The lowest BCUT2D eigenvalue weighted by atomic mass is 9.95. The van der Waals surface area contributed by atoms with E-state index in [0.717, 1.165) is 0 Å². The van der Waals surface area contributed by atoms with Crippen molar-refractivity contribution < 1.29 is 39.6 Å². The van der Waals surface area contributed by atoms with Crippen LogP contribution in [0.5, 0.6) is 11.5 Å². The molecule has 0 radical (unpaired) electrons. The minimum absolute atomic E-state index is 0.0420. The van der Waals surface area contributed by atoms with Crippen LogP contribution in [-0.2, 0) is 32.0 Å². The number of rotatable bonds is 10. The summed E-state index contributed by atoms with van der Waals surface area (Å²) in [7, 11) is 0. The van der Waals surface area contributed by atoms with E-state index in [9.17, 15) is 39.6 Å². The Morgan fingerprint density at radius 3 is 2.14 bits per heavy atom. The number of phenolic OH excluding ortho intramolecular Hbond substituents is 2. The molecule has 0 saturated heterocycles. The Hall–Kier alpha value is -4.28. The highest BCUT2D eigenvalue weighted by atomic mass is 16.3. The first-order valence-electron chi connectivity index (χ1n) is 14.2. The van der Waals surface area contributed by atoms with Gasteiger partial charge in [0.15, 0.2) is 0 Å². The Morgan fingerprint density at radius 2 is 1.57 bits per heavy atom. The molecule has 240 valence electrons. The smallest absolute Gasteiger partial charge is 0.245 e. The SMILES string of the molecule is NCCC[C@@H]1NC(=O)[C@@H](N)Cc2cc(ccc2O)-c2ccc(O)c(c2)C[C@@H](C(=O)NC(CO)C(=O)NCC(O)CN)NC1=O. The van der Waals surface area contributed by atoms with Crippen molar-refractivity contribution in [2.45, 2.75) is 56.0 Å². The Kier molecular flexibility index (Phi) is 12.4. The van der Waals surface area contributed by atoms with Gasteiger partial charge in [0, 0.05) is 25.9 Å². The molecule has 0 aromatic heterocycles. The van der Waals surface area contributed by atoms with Crippen LogP contribution in [0.25, 0.3) is 11.1 Å². The second-order valence-electron chi connectivity index (χ2n) is 10.6. The van der Waals surface area contributed by atoms with Crippen molar-refractivity contribution in [3.8, 4) is 22.6 Å². The van der Waals surface area contributed by atoms with E-state index in [-0.39, 0.29) is 56.0 Å². The lowest BCUT2D eigenvalue weighted by Crippen LogP contribution is -2.59. The topological polar surface area (TPSA) is 275 Å². The molecule has 0 spiro atoms. The molecule has 2 aromatic rings. The van der Waals surface area contributed by atoms with E-state index in [2.05, 4.69) is 21.3 Å². The molecule has 1 aliphatic heterocycles. The molecule has 0 fully saturated rings. The van der Waals surface area contributed by atoms with E-state index >= 15 is 0 Å². The van der Waals surface area contributed by atoms with Gasteiger partial charge in [0.1, 0.15) is 29.6 Å². The van der Waals surface area contributed by atoms with Gasteiger partial charge in [0.25, 0.3) is 0 Å². The fraction of sp³-hybridized carbons (Fsp3) is 0.448. The summed E-state index contributed by atoms with van der Waals surface area (Å²) in [5, 5.41) is 50.5. The normalized spacial score (nSPS) is 20.2. The van der Waals surface area contributed by atoms with E-state index in [1.807, 2.05) is 0 Å². The Morgan fingerprint density at radius 1 is 0.955 bits per heavy atom. The van der Waals surface area contributed by atoms with Crippen molar-refractivity contribution >= 4 is 23.6 Å². The number of benzene rings is 2. The molecule has 0 aliphatic carbocycles. The predicted octanol–water partition coefficient (Wildman–Crippen LogP) is -3.19. The molecular formula is C29H41N7O8. The summed E-state index contributed by atoms with van der Waals surface area (Å²) in [6.07, 6.45) is -0.866. The molecule has 15 heteroatoms. The third-order valence-electron chi connectivity index (χ3n) is 7.26. The molecule has 1 aliphatic rings. The zero-order chi connectivity index (χ0) is 32.4. The number of carbonyl (C=O) groups excluding carboxylic acids is 4. The highest BCUT2D eigenvalue weighted by Crippen LogP contribution is 2.31. The standard InChI is InChI=1S/C29H41N7O8/c30-7-1-2-21-28(43)35-22(29(44)36-23(14-37)27(42)33-13-19(38)12-31)11-18-9-16(4-6-25(18)40)15-3-5-24(39)17(8-15)10-20(32)26(41)34-21/h3-6,8-9,19-23,37-40H,1-2,7,10-14,30-32H2,(H,33,42)(H,34,41)(H,35,43)(H,36,44)/t19?,20-,21-,22-,23?/m0/s1. The number of nitrogens with one attached hydrogen (secondary N) is 4. The van der Waals surface area contributed by atoms with Crippen molar-refractivity contribution in [3.05, 3.63) is 47.5 Å². The first-order chi connectivity index (χ1) is 21.0. The fourth-order valence-electron chi connectivity index (χ4n) is 4.65. The van der Waals surface area contributed by atoms with Crippen LogP contribution in [0.4, 0.5) is 0 Å². The molecule has 0 saturated carbocycles. The van der Waals surface area contributed by atoms with E-state index in [0.29, 0.717) is 23.1 Å². The summed E-state index contributed by atoms with van der Waals surface area (Å²) in [6, 6.07) is 4.29. The third-order valence-corrected chi connectivity index (χ3v) is 7.26. The van der Waals surface area contributed by atoms with Gasteiger partial charge in [-0.2, -0.15) is 0 Å². The van der Waals surface area contributed by atoms with Crippen molar-refractivity contribution in [3.63, 3.8) is 0 Å². The van der Waals surface area contributed by atoms with Crippen LogP contribution < -0.4 is 38.5 Å². The summed E-state index contributed by atoms with van der Waals surface area (Å²) in [6.45, 7) is -0.922. The number of hydrogen-bond donors (Lipinski definition) is 11. The van der Waals surface area contributed by atoms with Crippen LogP contribution in [-0.4, -0.2) is 101 Å². The largest absolute Gasteiger partial charge is 0.508 e. The van der Waals surface area contributed by atoms with Gasteiger partial charge in [0.05, 0.1) is 18.8 Å². The van der Waals surface area contributed by atoms with Gasteiger partial charge in [-0.15, -0.1) is 0 Å². The number of phenols is 2. The molecule has 14 N–H and O–H groups in total. The second-order valence-corrected chi connectivity index (χ2v) is 10.6. The quantitative estimate of drug-likeness (QED) is 0.127. The highest BCUT2D eigenvalue weighted by molar-refractivity contribution is 5.95. The Bertz CT molecular complexity index is 1340. The maximum absolute atomic E-state index is 13.5. The minimum Gasteiger partial charge on any atom is -0.508 e. The van der Waals surface area contributed by atoms with Gasteiger partial charge in [-0.1, -0.05) is 12.1 Å². The van der Waals surface area contributed by atoms with Gasteiger partial charge >= 0.3 is 0 Å². The summed E-state index contributed by atoms with van der Waals surface area (Å²) < 4.78 is 0. The first kappa shape index (κ1) is 34.2. The van der Waals surface area contributed by atoms with Gasteiger partial charge in [-0.3, -0.25) is 19.2 Å². The fourth-order valence-corrected chi connectivity index (χ4v) is 4.65. The molecular weight excluding hydrogens is 574 g/mol.